The van der Waals surface area contributed by atoms with Crippen molar-refractivity contribution in [2.45, 2.75) is 58.4 Å². The predicted molar refractivity (Wildman–Crippen MR) is 90.6 cm³/mol. The fraction of sp³-hybridized carbons (Fsp3) is 0.588. The Morgan fingerprint density at radius 1 is 1.15 bits per heavy atom. The van der Waals surface area contributed by atoms with Crippen molar-refractivity contribution < 1.29 is 4.74 Å². The van der Waals surface area contributed by atoms with Crippen LogP contribution >= 0.6 is 11.8 Å². The summed E-state index contributed by atoms with van der Waals surface area (Å²) in [7, 11) is 1.77. The fourth-order valence-electron chi connectivity index (χ4n) is 3.00. The molecule has 0 bridgehead atoms. The molecule has 3 heteroatoms. The van der Waals surface area contributed by atoms with Crippen LogP contribution in [0, 0.1) is 0 Å². The Bertz CT molecular complexity index is 486. The van der Waals surface area contributed by atoms with Gasteiger partial charge in [0.1, 0.15) is 0 Å². The largest absolute Gasteiger partial charge is 0.352 e. The molecule has 0 spiro atoms. The van der Waals surface area contributed by atoms with Crippen molar-refractivity contribution in [2.75, 3.05) is 7.11 Å². The van der Waals surface area contributed by atoms with Crippen LogP contribution in [-0.4, -0.2) is 16.9 Å². The van der Waals surface area contributed by atoms with E-state index in [2.05, 4.69) is 38.1 Å². The number of benzene rings is 1. The average Bonchev–Trinajstić information content (AvgIpc) is 2.87. The third-order valence-electron chi connectivity index (χ3n) is 3.61. The molecular weight excluding hydrogens is 266 g/mol. The quantitative estimate of drug-likeness (QED) is 0.725. The highest BCUT2D eigenvalue weighted by molar-refractivity contribution is 8.15. The van der Waals surface area contributed by atoms with E-state index in [1.54, 1.807) is 7.11 Å². The molecule has 1 aromatic carbocycles. The van der Waals surface area contributed by atoms with E-state index in [0.717, 1.165) is 11.5 Å². The normalized spacial score (nSPS) is 29.2. The van der Waals surface area contributed by atoms with Crippen molar-refractivity contribution in [3.05, 3.63) is 35.4 Å². The summed E-state index contributed by atoms with van der Waals surface area (Å²) in [5, 5.41) is 1.12. The molecule has 0 amide bonds. The minimum Gasteiger partial charge on any atom is -0.352 e. The molecule has 0 radical (unpaired) electrons. The van der Waals surface area contributed by atoms with Gasteiger partial charge < -0.3 is 4.74 Å². The van der Waals surface area contributed by atoms with Crippen LogP contribution in [0.15, 0.2) is 29.3 Å². The van der Waals surface area contributed by atoms with Gasteiger partial charge in [0.25, 0.3) is 0 Å². The minimum atomic E-state index is -0.460. The van der Waals surface area contributed by atoms with E-state index in [1.165, 1.54) is 11.1 Å². The fourth-order valence-corrected chi connectivity index (χ4v) is 4.43. The Labute approximate surface area is 128 Å². The van der Waals surface area contributed by atoms with Crippen LogP contribution in [0.2, 0.25) is 0 Å². The lowest BCUT2D eigenvalue weighted by molar-refractivity contribution is -0.0235. The molecule has 0 saturated heterocycles. The van der Waals surface area contributed by atoms with E-state index >= 15 is 0 Å². The number of hydrogen-bond donors (Lipinski definition) is 0. The third kappa shape index (κ3) is 2.42. The maximum absolute atomic E-state index is 5.81. The topological polar surface area (TPSA) is 21.6 Å². The molecular formula is C17H27NOS. The summed E-state index contributed by atoms with van der Waals surface area (Å²) in [6, 6.07) is 8.49. The summed E-state index contributed by atoms with van der Waals surface area (Å²) in [6.45, 7) is 12.3. The van der Waals surface area contributed by atoms with E-state index in [1.807, 2.05) is 39.5 Å². The van der Waals surface area contributed by atoms with Crippen LogP contribution in [0.25, 0.3) is 0 Å². The summed E-state index contributed by atoms with van der Waals surface area (Å²) in [4.78, 5) is 4.77. The summed E-state index contributed by atoms with van der Waals surface area (Å²) < 4.78 is 5.84. The van der Waals surface area contributed by atoms with Crippen molar-refractivity contribution in [3.63, 3.8) is 0 Å². The zero-order valence-electron chi connectivity index (χ0n) is 13.8. The first-order valence-corrected chi connectivity index (χ1v) is 8.32. The Morgan fingerprint density at radius 3 is 2.35 bits per heavy atom. The highest BCUT2D eigenvalue weighted by Gasteiger charge is 2.60. The molecule has 0 N–H and O–H groups in total. The smallest absolute Gasteiger partial charge is 0.200 e. The predicted octanol–water partition coefficient (Wildman–Crippen LogP) is 5.02. The van der Waals surface area contributed by atoms with Crippen LogP contribution in [0.1, 0.15) is 52.7 Å². The number of fused-ring (bicyclic) bond motifs is 3. The first-order chi connectivity index (χ1) is 9.61. The van der Waals surface area contributed by atoms with E-state index in [-0.39, 0.29) is 4.75 Å². The number of thioether (sulfide) groups is 1. The number of nitrogens with zero attached hydrogens (tertiary/aromatic N) is 1. The lowest BCUT2D eigenvalue weighted by atomic mass is 9.97. The van der Waals surface area contributed by atoms with Crippen LogP contribution in [0.4, 0.5) is 0 Å². The molecule has 1 aromatic rings. The molecule has 0 fully saturated rings. The maximum atomic E-state index is 5.81. The monoisotopic (exact) mass is 293 g/mol. The molecule has 20 heavy (non-hydrogen) atoms. The molecule has 2 aliphatic rings. The van der Waals surface area contributed by atoms with Gasteiger partial charge in [-0.1, -0.05) is 63.7 Å². The molecule has 1 aliphatic carbocycles. The van der Waals surface area contributed by atoms with Gasteiger partial charge in [0.2, 0.25) is 5.72 Å². The maximum Gasteiger partial charge on any atom is 0.200 e. The summed E-state index contributed by atoms with van der Waals surface area (Å²) in [5.41, 5.74) is 2.15. The van der Waals surface area contributed by atoms with Crippen molar-refractivity contribution in [1.29, 1.82) is 0 Å². The van der Waals surface area contributed by atoms with Crippen LogP contribution < -0.4 is 0 Å². The van der Waals surface area contributed by atoms with Gasteiger partial charge in [-0.3, -0.25) is 0 Å². The van der Waals surface area contributed by atoms with Crippen molar-refractivity contribution in [1.82, 2.24) is 0 Å². The zero-order chi connectivity index (χ0) is 15.4. The molecule has 2 unspecified atom stereocenters. The van der Waals surface area contributed by atoms with Crippen LogP contribution in [0.3, 0.4) is 0 Å². The van der Waals surface area contributed by atoms with Crippen molar-refractivity contribution >= 4 is 16.8 Å². The number of rotatable bonds is 1. The number of ether oxygens (including phenoxy) is 1. The second kappa shape index (κ2) is 6.77. The number of methoxy groups -OCH3 is 1. The summed E-state index contributed by atoms with van der Waals surface area (Å²) in [5.74, 6) is 0. The average molecular weight is 293 g/mol. The van der Waals surface area contributed by atoms with E-state index in [0.29, 0.717) is 0 Å². The van der Waals surface area contributed by atoms with Gasteiger partial charge in [-0.25, -0.2) is 4.99 Å². The van der Waals surface area contributed by atoms with E-state index in [9.17, 15) is 0 Å². The molecule has 2 atom stereocenters. The van der Waals surface area contributed by atoms with Gasteiger partial charge in [0, 0.05) is 12.7 Å². The van der Waals surface area contributed by atoms with Crippen LogP contribution in [-0.2, 0) is 16.9 Å². The van der Waals surface area contributed by atoms with Gasteiger partial charge >= 0.3 is 0 Å². The number of hydrogen-bond acceptors (Lipinski definition) is 3. The summed E-state index contributed by atoms with van der Waals surface area (Å²) >= 11 is 1.84. The van der Waals surface area contributed by atoms with Crippen LogP contribution in [0.5, 0.6) is 0 Å². The molecule has 1 heterocycles. The Morgan fingerprint density at radius 2 is 1.75 bits per heavy atom. The minimum absolute atomic E-state index is 0.0233. The van der Waals surface area contributed by atoms with Gasteiger partial charge in [-0.2, -0.15) is 0 Å². The van der Waals surface area contributed by atoms with Gasteiger partial charge in [0.15, 0.2) is 0 Å². The number of aliphatic imine (C=N–C) groups is 1. The molecule has 0 aromatic heterocycles. The van der Waals surface area contributed by atoms with E-state index < -0.39 is 5.72 Å². The molecule has 1 aliphatic heterocycles. The summed E-state index contributed by atoms with van der Waals surface area (Å²) in [6.07, 6.45) is 1.03. The second-order valence-electron chi connectivity index (χ2n) is 4.65. The first kappa shape index (κ1) is 17.3. The standard InChI is InChI=1S/C13H15NOS.2C2H6/c1-9-14-13(15-3)11-7-5-4-6-10(11)8-12(13,2)16-9;2*1-2/h4-7H,8H2,1-3H3;2*1-2H3. The Hall–Kier alpha value is -0.800. The highest BCUT2D eigenvalue weighted by atomic mass is 32.2. The molecule has 2 nitrogen and oxygen atoms in total. The third-order valence-corrected chi connectivity index (χ3v) is 4.87. The first-order valence-electron chi connectivity index (χ1n) is 7.50. The molecule has 112 valence electrons. The Kier molecular flexibility index (Phi) is 5.84. The van der Waals surface area contributed by atoms with Gasteiger partial charge in [-0.05, 0) is 25.8 Å². The highest BCUT2D eigenvalue weighted by Crippen LogP contribution is 2.58. The van der Waals surface area contributed by atoms with Crippen molar-refractivity contribution in [2.24, 2.45) is 4.99 Å². The molecule has 0 saturated carbocycles. The van der Waals surface area contributed by atoms with Gasteiger partial charge in [0.05, 0.1) is 9.79 Å². The lowest BCUT2D eigenvalue weighted by Crippen LogP contribution is -2.41. The molecule has 3 rings (SSSR count). The second-order valence-corrected chi connectivity index (χ2v) is 6.34. The lowest BCUT2D eigenvalue weighted by Gasteiger charge is -2.33. The zero-order valence-corrected chi connectivity index (χ0v) is 14.6. The van der Waals surface area contributed by atoms with E-state index in [4.69, 9.17) is 9.73 Å². The SMILES string of the molecule is CC.CC.COC12N=C(C)SC1(C)Cc1ccccc12. The van der Waals surface area contributed by atoms with Crippen molar-refractivity contribution in [3.8, 4) is 0 Å². The Balaban J connectivity index is 0.000000461. The van der Waals surface area contributed by atoms with Gasteiger partial charge in [-0.15, -0.1) is 0 Å².